The lowest BCUT2D eigenvalue weighted by Gasteiger charge is -2.48. The fourth-order valence-electron chi connectivity index (χ4n) is 4.77. The predicted molar refractivity (Wildman–Crippen MR) is 111 cm³/mol. The monoisotopic (exact) mass is 449 g/mol. The average molecular weight is 450 g/mol. The lowest BCUT2D eigenvalue weighted by atomic mass is 9.67. The summed E-state index contributed by atoms with van der Waals surface area (Å²) in [4.78, 5) is 17.5. The number of hydrogen-bond acceptors (Lipinski definition) is 5. The highest BCUT2D eigenvalue weighted by Gasteiger charge is 2.55. The molecule has 1 unspecified atom stereocenters. The van der Waals surface area contributed by atoms with E-state index in [1.54, 1.807) is 11.8 Å². The molecule has 2 aliphatic heterocycles. The van der Waals surface area contributed by atoms with Crippen molar-refractivity contribution in [3.05, 3.63) is 28.2 Å². The molecule has 5 nitrogen and oxygen atoms in total. The van der Waals surface area contributed by atoms with Crippen molar-refractivity contribution in [2.45, 2.75) is 56.7 Å². The molecule has 2 heterocycles. The fourth-order valence-corrected chi connectivity index (χ4v) is 6.16. The molecule has 4 aliphatic rings. The number of benzene rings is 1. The fraction of sp³-hybridized carbons (Fsp3) is 0.600. The summed E-state index contributed by atoms with van der Waals surface area (Å²) >= 11 is 5.23. The summed E-state index contributed by atoms with van der Waals surface area (Å²) in [6.07, 6.45) is 4.91. The summed E-state index contributed by atoms with van der Waals surface area (Å²) in [5.74, 6) is 2.19. The smallest absolute Gasteiger partial charge is 0.226 e. The Labute approximate surface area is 172 Å². The van der Waals surface area contributed by atoms with E-state index in [9.17, 15) is 4.79 Å². The molecular formula is C20H24BrN3O2S. The van der Waals surface area contributed by atoms with E-state index in [0.29, 0.717) is 5.17 Å². The number of halogens is 1. The van der Waals surface area contributed by atoms with Crippen LogP contribution in [-0.2, 0) is 10.3 Å². The van der Waals surface area contributed by atoms with Gasteiger partial charge in [-0.1, -0.05) is 34.6 Å². The minimum atomic E-state index is -0.357. The molecule has 0 radical (unpaired) electrons. The van der Waals surface area contributed by atoms with Crippen LogP contribution in [-0.4, -0.2) is 29.0 Å². The van der Waals surface area contributed by atoms with Gasteiger partial charge in [0.25, 0.3) is 0 Å². The van der Waals surface area contributed by atoms with Crippen molar-refractivity contribution in [2.24, 2.45) is 22.1 Å². The van der Waals surface area contributed by atoms with Crippen molar-refractivity contribution in [1.29, 1.82) is 0 Å². The van der Waals surface area contributed by atoms with E-state index in [-0.39, 0.29) is 34.9 Å². The van der Waals surface area contributed by atoms with Crippen LogP contribution >= 0.6 is 27.7 Å². The van der Waals surface area contributed by atoms with E-state index in [0.717, 1.165) is 53.6 Å². The van der Waals surface area contributed by atoms with E-state index in [1.165, 1.54) is 0 Å². The highest BCUT2D eigenvalue weighted by atomic mass is 79.9. The van der Waals surface area contributed by atoms with Crippen molar-refractivity contribution in [2.75, 3.05) is 5.75 Å². The topological polar surface area (TPSA) is 76.7 Å². The molecule has 27 heavy (non-hydrogen) atoms. The third kappa shape index (κ3) is 2.89. The van der Waals surface area contributed by atoms with E-state index in [4.69, 9.17) is 15.5 Å². The maximum absolute atomic E-state index is 12.6. The van der Waals surface area contributed by atoms with Gasteiger partial charge < -0.3 is 15.8 Å². The van der Waals surface area contributed by atoms with Crippen molar-refractivity contribution in [3.63, 3.8) is 0 Å². The maximum atomic E-state index is 12.6. The molecule has 5 rings (SSSR count). The number of ether oxygens (including phenoxy) is 1. The van der Waals surface area contributed by atoms with Gasteiger partial charge in [0.2, 0.25) is 5.91 Å². The van der Waals surface area contributed by atoms with Crippen LogP contribution in [0.2, 0.25) is 0 Å². The molecule has 2 fully saturated rings. The zero-order valence-electron chi connectivity index (χ0n) is 15.3. The Morgan fingerprint density at radius 3 is 2.93 bits per heavy atom. The molecular weight excluding hydrogens is 426 g/mol. The highest BCUT2D eigenvalue weighted by molar-refractivity contribution is 9.10. The number of nitrogens with zero attached hydrogens (tertiary/aromatic N) is 1. The maximum Gasteiger partial charge on any atom is 0.226 e. The summed E-state index contributed by atoms with van der Waals surface area (Å²) in [7, 11) is 0. The third-order valence-electron chi connectivity index (χ3n) is 6.72. The molecule has 1 aromatic carbocycles. The molecule has 144 valence electrons. The van der Waals surface area contributed by atoms with Crippen LogP contribution in [0, 0.1) is 11.3 Å². The molecule has 0 saturated heterocycles. The van der Waals surface area contributed by atoms with Gasteiger partial charge in [-0.25, -0.2) is 4.99 Å². The largest absolute Gasteiger partial charge is 0.490 e. The van der Waals surface area contributed by atoms with Crippen LogP contribution in [0.4, 0.5) is 0 Å². The van der Waals surface area contributed by atoms with Gasteiger partial charge in [-0.2, -0.15) is 0 Å². The number of hydrogen-bond donors (Lipinski definition) is 2. The van der Waals surface area contributed by atoms with Gasteiger partial charge in [-0.15, -0.1) is 0 Å². The summed E-state index contributed by atoms with van der Waals surface area (Å²) < 4.78 is 7.42. The Kier molecular flexibility index (Phi) is 4.06. The number of thioether (sulfide) groups is 1. The Morgan fingerprint density at radius 2 is 2.22 bits per heavy atom. The number of amides is 1. The SMILES string of the molecule is CC1(C(=O)N[C@@H]2CC[C@@H]3Oc4ccc(Br)cc4C4(CSC(N)=N4)[C@H]3C2)CC1. The second-order valence-corrected chi connectivity index (χ2v) is 10.5. The van der Waals surface area contributed by atoms with Crippen LogP contribution in [0.1, 0.15) is 44.6 Å². The van der Waals surface area contributed by atoms with E-state index in [1.807, 2.05) is 12.1 Å². The van der Waals surface area contributed by atoms with Crippen molar-refractivity contribution in [3.8, 4) is 5.75 Å². The minimum absolute atomic E-state index is 0.124. The highest BCUT2D eigenvalue weighted by Crippen LogP contribution is 2.55. The Balaban J connectivity index is 1.47. The second-order valence-electron chi connectivity index (χ2n) is 8.61. The number of carbonyl (C=O) groups is 1. The standard InChI is InChI=1S/C20H24BrN3O2S/c1-19(6-7-19)17(25)23-12-3-5-16-14(9-12)20(10-27-18(22)24-20)13-8-11(21)2-4-15(13)26-16/h2,4,8,12,14,16H,3,5-7,9-10H2,1H3,(H2,22,24)(H,23,25)/t12-,14+,16+,20?/m1/s1. The van der Waals surface area contributed by atoms with Crippen LogP contribution in [0.15, 0.2) is 27.7 Å². The van der Waals surface area contributed by atoms with E-state index >= 15 is 0 Å². The quantitative estimate of drug-likeness (QED) is 0.723. The van der Waals surface area contributed by atoms with Gasteiger partial charge in [-0.05, 0) is 50.3 Å². The minimum Gasteiger partial charge on any atom is -0.490 e. The molecule has 4 atom stereocenters. The molecule has 1 amide bonds. The first kappa shape index (κ1) is 17.9. The molecule has 2 aliphatic carbocycles. The Bertz CT molecular complexity index is 841. The second kappa shape index (κ2) is 6.14. The van der Waals surface area contributed by atoms with Crippen molar-refractivity contribution in [1.82, 2.24) is 5.32 Å². The number of aliphatic imine (C=N–C) groups is 1. The lowest BCUT2D eigenvalue weighted by Crippen LogP contribution is -2.54. The molecule has 1 spiro atoms. The number of nitrogens with one attached hydrogen (secondary N) is 1. The van der Waals surface area contributed by atoms with Crippen molar-refractivity contribution >= 4 is 38.8 Å². The predicted octanol–water partition coefficient (Wildman–Crippen LogP) is 3.55. The normalized spacial score (nSPS) is 35.6. The first-order chi connectivity index (χ1) is 12.9. The molecule has 3 N–H and O–H groups in total. The van der Waals surface area contributed by atoms with E-state index < -0.39 is 0 Å². The first-order valence-electron chi connectivity index (χ1n) is 9.65. The molecule has 7 heteroatoms. The zero-order chi connectivity index (χ0) is 18.8. The van der Waals surface area contributed by atoms with Gasteiger partial charge in [0.15, 0.2) is 5.17 Å². The molecule has 0 bridgehead atoms. The summed E-state index contributed by atoms with van der Waals surface area (Å²) in [5.41, 5.74) is 6.75. The van der Waals surface area contributed by atoms with Gasteiger partial charge in [0.1, 0.15) is 17.4 Å². The average Bonchev–Trinajstić information content (AvgIpc) is 3.28. The summed E-state index contributed by atoms with van der Waals surface area (Å²) in [5, 5.41) is 3.97. The van der Waals surface area contributed by atoms with E-state index in [2.05, 4.69) is 34.2 Å². The molecule has 1 aromatic rings. The van der Waals surface area contributed by atoms with Crippen molar-refractivity contribution < 1.29 is 9.53 Å². The summed E-state index contributed by atoms with van der Waals surface area (Å²) in [6.45, 7) is 2.06. The number of fused-ring (bicyclic) bond motifs is 4. The molecule has 2 saturated carbocycles. The van der Waals surface area contributed by atoms with Gasteiger partial charge >= 0.3 is 0 Å². The van der Waals surface area contributed by atoms with Gasteiger partial charge in [-0.3, -0.25) is 4.79 Å². The number of carbonyl (C=O) groups excluding carboxylic acids is 1. The Hall–Kier alpha value is -1.21. The van der Waals surface area contributed by atoms with Crippen LogP contribution in [0.25, 0.3) is 0 Å². The van der Waals surface area contributed by atoms with Gasteiger partial charge in [0.05, 0.1) is 0 Å². The first-order valence-corrected chi connectivity index (χ1v) is 11.4. The van der Waals surface area contributed by atoms with Crippen LogP contribution in [0.5, 0.6) is 5.75 Å². The summed E-state index contributed by atoms with van der Waals surface area (Å²) in [6, 6.07) is 6.37. The molecule has 0 aromatic heterocycles. The van der Waals surface area contributed by atoms with Gasteiger partial charge in [0, 0.05) is 33.2 Å². The number of rotatable bonds is 2. The van der Waals surface area contributed by atoms with Crippen LogP contribution in [0.3, 0.4) is 0 Å². The number of amidine groups is 1. The zero-order valence-corrected chi connectivity index (χ0v) is 17.7. The third-order valence-corrected chi connectivity index (χ3v) is 8.18. The lowest BCUT2D eigenvalue weighted by molar-refractivity contribution is -0.127. The number of nitrogens with two attached hydrogens (primary N) is 1. The van der Waals surface area contributed by atoms with Crippen LogP contribution < -0.4 is 15.8 Å². The Morgan fingerprint density at radius 1 is 1.41 bits per heavy atom.